The lowest BCUT2D eigenvalue weighted by atomic mass is 10.1. The Morgan fingerprint density at radius 2 is 1.74 bits per heavy atom. The van der Waals surface area contributed by atoms with Gasteiger partial charge >= 0.3 is 6.18 Å². The molecule has 19 heavy (non-hydrogen) atoms. The standard InChI is InChI=1S/C13H16F3NO2/c1-9-5-10(2)7-11(6-9)12(19)17(3-4-18)8-13(14,15)16/h5-7,18H,3-4,8H2,1-2H3. The van der Waals surface area contributed by atoms with E-state index < -0.39 is 25.2 Å². The van der Waals surface area contributed by atoms with Crippen molar-refractivity contribution in [2.24, 2.45) is 0 Å². The van der Waals surface area contributed by atoms with Crippen molar-refractivity contribution in [3.63, 3.8) is 0 Å². The van der Waals surface area contributed by atoms with E-state index in [2.05, 4.69) is 0 Å². The van der Waals surface area contributed by atoms with Gasteiger partial charge in [0.15, 0.2) is 0 Å². The third-order valence-electron chi connectivity index (χ3n) is 2.50. The molecule has 6 heteroatoms. The van der Waals surface area contributed by atoms with Crippen LogP contribution in [0.15, 0.2) is 18.2 Å². The second-order valence-corrected chi connectivity index (χ2v) is 4.44. The summed E-state index contributed by atoms with van der Waals surface area (Å²) in [6.45, 7) is 1.32. The molecule has 0 bridgehead atoms. The summed E-state index contributed by atoms with van der Waals surface area (Å²) in [6.07, 6.45) is -4.48. The number of aryl methyl sites for hydroxylation is 2. The Bertz CT molecular complexity index is 437. The van der Waals surface area contributed by atoms with Crippen molar-refractivity contribution in [3.8, 4) is 0 Å². The van der Waals surface area contributed by atoms with Gasteiger partial charge in [0, 0.05) is 12.1 Å². The zero-order chi connectivity index (χ0) is 14.6. The third kappa shape index (κ3) is 4.90. The molecule has 0 fully saturated rings. The summed E-state index contributed by atoms with van der Waals surface area (Å²) in [7, 11) is 0. The van der Waals surface area contributed by atoms with Crippen molar-refractivity contribution in [2.75, 3.05) is 19.7 Å². The maximum atomic E-state index is 12.4. The molecule has 0 aliphatic carbocycles. The molecular formula is C13H16F3NO2. The number of hydrogen-bond acceptors (Lipinski definition) is 2. The summed E-state index contributed by atoms with van der Waals surface area (Å²) in [4.78, 5) is 12.6. The molecule has 0 heterocycles. The number of benzene rings is 1. The van der Waals surface area contributed by atoms with Gasteiger partial charge in [0.1, 0.15) is 6.54 Å². The molecule has 106 valence electrons. The molecule has 0 spiro atoms. The molecule has 0 aromatic heterocycles. The molecule has 3 nitrogen and oxygen atoms in total. The van der Waals surface area contributed by atoms with E-state index in [0.717, 1.165) is 11.1 Å². The molecule has 1 rings (SSSR count). The first-order valence-corrected chi connectivity index (χ1v) is 5.78. The van der Waals surface area contributed by atoms with Gasteiger partial charge in [-0.2, -0.15) is 13.2 Å². The minimum absolute atomic E-state index is 0.204. The number of aliphatic hydroxyl groups excluding tert-OH is 1. The maximum Gasteiger partial charge on any atom is 0.406 e. The van der Waals surface area contributed by atoms with Crippen molar-refractivity contribution < 1.29 is 23.1 Å². The van der Waals surface area contributed by atoms with Gasteiger partial charge in [0.25, 0.3) is 5.91 Å². The second kappa shape index (κ2) is 6.06. The van der Waals surface area contributed by atoms with Crippen molar-refractivity contribution in [1.29, 1.82) is 0 Å². The molecule has 0 radical (unpaired) electrons. The number of alkyl halides is 3. The topological polar surface area (TPSA) is 40.5 Å². The Hall–Kier alpha value is -1.56. The van der Waals surface area contributed by atoms with Crippen LogP contribution >= 0.6 is 0 Å². The quantitative estimate of drug-likeness (QED) is 0.916. The minimum atomic E-state index is -4.48. The van der Waals surface area contributed by atoms with E-state index in [1.165, 1.54) is 12.1 Å². The molecule has 1 aromatic rings. The number of carbonyl (C=O) groups is 1. The fourth-order valence-corrected chi connectivity index (χ4v) is 1.87. The largest absolute Gasteiger partial charge is 0.406 e. The highest BCUT2D eigenvalue weighted by Gasteiger charge is 2.33. The third-order valence-corrected chi connectivity index (χ3v) is 2.50. The zero-order valence-corrected chi connectivity index (χ0v) is 10.8. The SMILES string of the molecule is Cc1cc(C)cc(C(=O)N(CCO)CC(F)(F)F)c1. The number of halogens is 3. The molecule has 1 aromatic carbocycles. The van der Waals surface area contributed by atoms with Crippen LogP contribution in [-0.2, 0) is 0 Å². The van der Waals surface area contributed by atoms with Gasteiger partial charge in [-0.05, 0) is 26.0 Å². The highest BCUT2D eigenvalue weighted by molar-refractivity contribution is 5.94. The molecule has 0 atom stereocenters. The van der Waals surface area contributed by atoms with E-state index >= 15 is 0 Å². The summed E-state index contributed by atoms with van der Waals surface area (Å²) in [5.74, 6) is -0.724. The number of hydrogen-bond donors (Lipinski definition) is 1. The van der Waals surface area contributed by atoms with E-state index in [9.17, 15) is 18.0 Å². The Balaban J connectivity index is 2.98. The molecule has 0 saturated heterocycles. The Morgan fingerprint density at radius 3 is 2.16 bits per heavy atom. The zero-order valence-electron chi connectivity index (χ0n) is 10.8. The van der Waals surface area contributed by atoms with Crippen molar-refractivity contribution in [1.82, 2.24) is 4.90 Å². The number of rotatable bonds is 4. The van der Waals surface area contributed by atoms with E-state index in [0.29, 0.717) is 4.90 Å². The van der Waals surface area contributed by atoms with Gasteiger partial charge in [-0.1, -0.05) is 17.2 Å². The van der Waals surface area contributed by atoms with Gasteiger partial charge in [-0.3, -0.25) is 4.79 Å². The number of carbonyl (C=O) groups excluding carboxylic acids is 1. The van der Waals surface area contributed by atoms with Crippen molar-refractivity contribution in [2.45, 2.75) is 20.0 Å². The highest BCUT2D eigenvalue weighted by Crippen LogP contribution is 2.19. The van der Waals surface area contributed by atoms with Crippen LogP contribution in [0.3, 0.4) is 0 Å². The summed E-state index contributed by atoms with van der Waals surface area (Å²) in [5, 5.41) is 8.78. The Kier molecular flexibility index (Phi) is 4.94. The maximum absolute atomic E-state index is 12.4. The van der Waals surface area contributed by atoms with E-state index in [4.69, 9.17) is 5.11 Å². The molecule has 0 aliphatic rings. The van der Waals surface area contributed by atoms with Gasteiger partial charge in [-0.15, -0.1) is 0 Å². The monoisotopic (exact) mass is 275 g/mol. The average Bonchev–Trinajstić information content (AvgIpc) is 2.24. The average molecular weight is 275 g/mol. The lowest BCUT2D eigenvalue weighted by Crippen LogP contribution is -2.40. The fraction of sp³-hybridized carbons (Fsp3) is 0.462. The van der Waals surface area contributed by atoms with Crippen LogP contribution in [-0.4, -0.2) is 41.8 Å². The number of amides is 1. The summed E-state index contributed by atoms with van der Waals surface area (Å²) < 4.78 is 37.2. The van der Waals surface area contributed by atoms with Crippen molar-refractivity contribution >= 4 is 5.91 Å². The van der Waals surface area contributed by atoms with Gasteiger partial charge in [0.05, 0.1) is 6.61 Å². The van der Waals surface area contributed by atoms with Crippen molar-refractivity contribution in [3.05, 3.63) is 34.9 Å². The smallest absolute Gasteiger partial charge is 0.395 e. The van der Waals surface area contributed by atoms with Crippen LogP contribution in [0.25, 0.3) is 0 Å². The van der Waals surface area contributed by atoms with E-state index in [-0.39, 0.29) is 12.1 Å². The Morgan fingerprint density at radius 1 is 1.21 bits per heavy atom. The summed E-state index contributed by atoms with van der Waals surface area (Å²) >= 11 is 0. The van der Waals surface area contributed by atoms with Gasteiger partial charge < -0.3 is 10.0 Å². The van der Waals surface area contributed by atoms with E-state index in [1.54, 1.807) is 13.8 Å². The van der Waals surface area contributed by atoms with Crippen LogP contribution < -0.4 is 0 Å². The van der Waals surface area contributed by atoms with Crippen LogP contribution in [0.2, 0.25) is 0 Å². The lowest BCUT2D eigenvalue weighted by Gasteiger charge is -2.23. The Labute approximate surface area is 109 Å². The van der Waals surface area contributed by atoms with Crippen LogP contribution in [0.4, 0.5) is 13.2 Å². The van der Waals surface area contributed by atoms with E-state index in [1.807, 2.05) is 6.07 Å². The first kappa shape index (κ1) is 15.5. The summed E-state index contributed by atoms with van der Waals surface area (Å²) in [6, 6.07) is 4.91. The van der Waals surface area contributed by atoms with Crippen LogP contribution in [0.5, 0.6) is 0 Å². The normalized spacial score (nSPS) is 11.5. The molecule has 1 amide bonds. The van der Waals surface area contributed by atoms with Gasteiger partial charge in [-0.25, -0.2) is 0 Å². The van der Waals surface area contributed by atoms with Crippen LogP contribution in [0.1, 0.15) is 21.5 Å². The second-order valence-electron chi connectivity index (χ2n) is 4.44. The minimum Gasteiger partial charge on any atom is -0.395 e. The summed E-state index contributed by atoms with van der Waals surface area (Å²) in [5.41, 5.74) is 1.81. The predicted molar refractivity (Wildman–Crippen MR) is 65.0 cm³/mol. The van der Waals surface area contributed by atoms with Gasteiger partial charge in [0.2, 0.25) is 0 Å². The molecule has 0 unspecified atom stereocenters. The molecular weight excluding hydrogens is 259 g/mol. The number of nitrogens with zero attached hydrogens (tertiary/aromatic N) is 1. The van der Waals surface area contributed by atoms with Crippen LogP contribution in [0, 0.1) is 13.8 Å². The molecule has 0 aliphatic heterocycles. The number of aliphatic hydroxyl groups is 1. The lowest BCUT2D eigenvalue weighted by molar-refractivity contribution is -0.141. The highest BCUT2D eigenvalue weighted by atomic mass is 19.4. The predicted octanol–water partition coefficient (Wildman–Crippen LogP) is 2.30. The molecule has 1 N–H and O–H groups in total. The first-order chi connectivity index (χ1) is 8.73. The first-order valence-electron chi connectivity index (χ1n) is 5.78. The molecule has 0 saturated carbocycles. The fourth-order valence-electron chi connectivity index (χ4n) is 1.87.